The minimum atomic E-state index is -0.190. The van der Waals surface area contributed by atoms with Crippen molar-refractivity contribution in [3.63, 3.8) is 0 Å². The summed E-state index contributed by atoms with van der Waals surface area (Å²) in [4.78, 5) is 35.5. The van der Waals surface area contributed by atoms with Gasteiger partial charge >= 0.3 is 0 Å². The van der Waals surface area contributed by atoms with Gasteiger partial charge in [0.15, 0.2) is 5.16 Å². The monoisotopic (exact) mass is 495 g/mol. The molecule has 0 aliphatic heterocycles. The van der Waals surface area contributed by atoms with E-state index in [1.165, 1.54) is 22.2 Å². The Morgan fingerprint density at radius 2 is 1.82 bits per heavy atom. The third-order valence-electron chi connectivity index (χ3n) is 5.60. The molecule has 0 spiro atoms. The second kappa shape index (κ2) is 9.71. The molecule has 3 heterocycles. The molecule has 10 heteroatoms. The number of rotatable bonds is 7. The van der Waals surface area contributed by atoms with Crippen LogP contribution in [0.1, 0.15) is 46.5 Å². The zero-order chi connectivity index (χ0) is 24.6. The molecule has 0 amide bonds. The number of thiophene rings is 1. The molecule has 8 nitrogen and oxygen atoms in total. The van der Waals surface area contributed by atoms with Crippen molar-refractivity contribution in [3.05, 3.63) is 62.0 Å². The van der Waals surface area contributed by atoms with Crippen molar-refractivity contribution >= 4 is 45.2 Å². The molecule has 4 aromatic rings. The second-order valence-corrected chi connectivity index (χ2v) is 10.9. The van der Waals surface area contributed by atoms with Gasteiger partial charge in [0.1, 0.15) is 10.7 Å². The number of anilines is 2. The van der Waals surface area contributed by atoms with Gasteiger partial charge in [-0.3, -0.25) is 9.36 Å². The summed E-state index contributed by atoms with van der Waals surface area (Å²) in [5.41, 5.74) is 9.18. The maximum atomic E-state index is 13.7. The van der Waals surface area contributed by atoms with Gasteiger partial charge in [-0.1, -0.05) is 48.5 Å². The van der Waals surface area contributed by atoms with Gasteiger partial charge in [0.05, 0.1) is 17.2 Å². The average Bonchev–Trinajstić information content (AvgIpc) is 3.12. The van der Waals surface area contributed by atoms with Crippen molar-refractivity contribution in [3.8, 4) is 0 Å². The highest BCUT2D eigenvalue weighted by Crippen LogP contribution is 2.35. The van der Waals surface area contributed by atoms with Gasteiger partial charge in [-0.05, 0) is 38.3 Å². The molecular formula is C24H29N7OS2. The van der Waals surface area contributed by atoms with Crippen LogP contribution in [-0.4, -0.2) is 38.6 Å². The first kappa shape index (κ1) is 24.2. The summed E-state index contributed by atoms with van der Waals surface area (Å²) in [5.74, 6) is 1.22. The highest BCUT2D eigenvalue weighted by Gasteiger charge is 2.22. The minimum Gasteiger partial charge on any atom is -0.368 e. The molecule has 0 bridgehead atoms. The van der Waals surface area contributed by atoms with E-state index in [2.05, 4.69) is 53.1 Å². The van der Waals surface area contributed by atoms with E-state index < -0.39 is 0 Å². The third-order valence-corrected chi connectivity index (χ3v) is 8.02. The van der Waals surface area contributed by atoms with Crippen molar-refractivity contribution in [1.29, 1.82) is 0 Å². The Balaban J connectivity index is 1.81. The molecule has 0 radical (unpaired) electrons. The van der Waals surface area contributed by atoms with Gasteiger partial charge in [-0.15, -0.1) is 11.3 Å². The van der Waals surface area contributed by atoms with Crippen molar-refractivity contribution in [2.45, 2.75) is 51.1 Å². The Labute approximate surface area is 207 Å². The molecule has 2 N–H and O–H groups in total. The number of aromatic nitrogens is 5. The molecular weight excluding hydrogens is 466 g/mol. The Morgan fingerprint density at radius 3 is 2.47 bits per heavy atom. The summed E-state index contributed by atoms with van der Waals surface area (Å²) in [6.45, 7) is 8.60. The molecule has 0 aliphatic rings. The number of fused-ring (bicyclic) bond motifs is 1. The van der Waals surface area contributed by atoms with E-state index in [-0.39, 0.29) is 16.8 Å². The number of nitrogens with zero attached hydrogens (tertiary/aromatic N) is 6. The largest absolute Gasteiger partial charge is 0.368 e. The van der Waals surface area contributed by atoms with Gasteiger partial charge in [0.25, 0.3) is 5.56 Å². The molecule has 1 unspecified atom stereocenters. The van der Waals surface area contributed by atoms with Crippen LogP contribution in [0.4, 0.5) is 11.9 Å². The van der Waals surface area contributed by atoms with Gasteiger partial charge < -0.3 is 10.6 Å². The van der Waals surface area contributed by atoms with Crippen LogP contribution >= 0.6 is 23.1 Å². The molecule has 0 saturated carbocycles. The summed E-state index contributed by atoms with van der Waals surface area (Å²) in [7, 11) is 3.71. The molecule has 34 heavy (non-hydrogen) atoms. The van der Waals surface area contributed by atoms with Gasteiger partial charge in [-0.2, -0.15) is 15.0 Å². The fourth-order valence-corrected chi connectivity index (χ4v) is 5.79. The van der Waals surface area contributed by atoms with E-state index in [4.69, 9.17) is 10.7 Å². The van der Waals surface area contributed by atoms with E-state index in [1.807, 2.05) is 27.9 Å². The summed E-state index contributed by atoms with van der Waals surface area (Å²) in [6, 6.07) is 8.22. The van der Waals surface area contributed by atoms with Crippen LogP contribution in [0.25, 0.3) is 10.2 Å². The molecule has 1 atom stereocenters. The maximum absolute atomic E-state index is 13.7. The highest BCUT2D eigenvalue weighted by molar-refractivity contribution is 7.99. The number of benzene rings is 1. The van der Waals surface area contributed by atoms with Crippen molar-refractivity contribution < 1.29 is 0 Å². The van der Waals surface area contributed by atoms with Crippen LogP contribution in [0, 0.1) is 13.8 Å². The molecule has 0 fully saturated rings. The number of hydrogen-bond donors (Lipinski definition) is 1. The quantitative estimate of drug-likeness (QED) is 0.298. The fraction of sp³-hybridized carbons (Fsp3) is 0.375. The summed E-state index contributed by atoms with van der Waals surface area (Å²) in [5, 5.41) is 1.16. The minimum absolute atomic E-state index is 0.0159. The zero-order valence-electron chi connectivity index (χ0n) is 20.3. The summed E-state index contributed by atoms with van der Waals surface area (Å²) in [6.07, 6.45) is 0.876. The average molecular weight is 496 g/mol. The standard InChI is InChI=1S/C24H29N7OS2/c1-7-17-14(3)18-20(34-17)28-24(31(21(18)32)12-16-10-8-13(2)9-11-16)33-15(4)19-26-22(25)29-23(27-19)30(5)6/h8-11,15H,7,12H2,1-6H3,(H2,25,26,27,29). The SMILES string of the molecule is CCc1sc2nc(SC(C)c3nc(N)nc(N(C)C)n3)n(Cc3ccc(C)cc3)c(=O)c2c1C. The van der Waals surface area contributed by atoms with Crippen molar-refractivity contribution in [2.24, 2.45) is 0 Å². The Kier molecular flexibility index (Phi) is 6.90. The first-order chi connectivity index (χ1) is 16.2. The van der Waals surface area contributed by atoms with Crippen LogP contribution in [0.15, 0.2) is 34.2 Å². The lowest BCUT2D eigenvalue weighted by Crippen LogP contribution is -2.24. The maximum Gasteiger partial charge on any atom is 0.263 e. The second-order valence-electron chi connectivity index (χ2n) is 8.46. The Bertz CT molecular complexity index is 1390. The number of hydrogen-bond acceptors (Lipinski definition) is 9. The van der Waals surface area contributed by atoms with Crippen LogP contribution < -0.4 is 16.2 Å². The van der Waals surface area contributed by atoms with E-state index in [0.29, 0.717) is 28.9 Å². The number of nitrogen functional groups attached to an aromatic ring is 1. The molecule has 3 aromatic heterocycles. The van der Waals surface area contributed by atoms with Gasteiger partial charge in [-0.25, -0.2) is 4.98 Å². The lowest BCUT2D eigenvalue weighted by Gasteiger charge is -2.17. The number of thioether (sulfide) groups is 1. The van der Waals surface area contributed by atoms with Crippen LogP contribution in [0.3, 0.4) is 0 Å². The Hall–Kier alpha value is -2.98. The van der Waals surface area contributed by atoms with Gasteiger partial charge in [0.2, 0.25) is 11.9 Å². The first-order valence-electron chi connectivity index (χ1n) is 11.1. The molecule has 178 valence electrons. The van der Waals surface area contributed by atoms with Crippen molar-refractivity contribution in [2.75, 3.05) is 24.7 Å². The van der Waals surface area contributed by atoms with Crippen LogP contribution in [0.5, 0.6) is 0 Å². The molecule has 4 rings (SSSR count). The lowest BCUT2D eigenvalue weighted by molar-refractivity contribution is 0.656. The van der Waals surface area contributed by atoms with E-state index >= 15 is 0 Å². The fourth-order valence-electron chi connectivity index (χ4n) is 3.68. The van der Waals surface area contributed by atoms with E-state index in [9.17, 15) is 4.79 Å². The molecule has 0 aliphatic carbocycles. The Morgan fingerprint density at radius 1 is 1.12 bits per heavy atom. The van der Waals surface area contributed by atoms with E-state index in [1.54, 1.807) is 20.8 Å². The topological polar surface area (TPSA) is 103 Å². The zero-order valence-corrected chi connectivity index (χ0v) is 21.9. The first-order valence-corrected chi connectivity index (χ1v) is 12.8. The lowest BCUT2D eigenvalue weighted by atomic mass is 10.1. The smallest absolute Gasteiger partial charge is 0.263 e. The van der Waals surface area contributed by atoms with E-state index in [0.717, 1.165) is 22.4 Å². The number of aryl methyl sites for hydroxylation is 3. The number of nitrogens with two attached hydrogens (primary N) is 1. The molecule has 0 saturated heterocycles. The predicted molar refractivity (Wildman–Crippen MR) is 141 cm³/mol. The predicted octanol–water partition coefficient (Wildman–Crippen LogP) is 4.37. The summed E-state index contributed by atoms with van der Waals surface area (Å²) >= 11 is 3.05. The van der Waals surface area contributed by atoms with Crippen molar-refractivity contribution in [1.82, 2.24) is 24.5 Å². The molecule has 1 aromatic carbocycles. The highest BCUT2D eigenvalue weighted by atomic mass is 32.2. The third kappa shape index (κ3) is 4.78. The summed E-state index contributed by atoms with van der Waals surface area (Å²) < 4.78 is 1.77. The normalized spacial score (nSPS) is 12.3. The van der Waals surface area contributed by atoms with Gasteiger partial charge in [0, 0.05) is 19.0 Å². The van der Waals surface area contributed by atoms with Crippen LogP contribution in [-0.2, 0) is 13.0 Å². The van der Waals surface area contributed by atoms with Crippen LogP contribution in [0.2, 0.25) is 0 Å².